The van der Waals surface area contributed by atoms with Gasteiger partial charge in [-0.3, -0.25) is 14.9 Å². The van der Waals surface area contributed by atoms with Crippen LogP contribution in [0.25, 0.3) is 0 Å². The molecule has 0 atom stereocenters. The van der Waals surface area contributed by atoms with Gasteiger partial charge < -0.3 is 15.2 Å². The van der Waals surface area contributed by atoms with Crippen LogP contribution in [0, 0.1) is 10.1 Å². The lowest BCUT2D eigenvalue weighted by Gasteiger charge is -2.05. The zero-order valence-corrected chi connectivity index (χ0v) is 11.0. The first-order valence-electron chi connectivity index (χ1n) is 4.93. The Morgan fingerprint density at radius 3 is 2.68 bits per heavy atom. The quantitative estimate of drug-likeness (QED) is 0.600. The van der Waals surface area contributed by atoms with Crippen LogP contribution in [0.3, 0.4) is 0 Å². The minimum absolute atomic E-state index is 0.191. The highest BCUT2D eigenvalue weighted by molar-refractivity contribution is 9.10. The van der Waals surface area contributed by atoms with E-state index in [0.717, 1.165) is 0 Å². The summed E-state index contributed by atoms with van der Waals surface area (Å²) in [7, 11) is 0. The summed E-state index contributed by atoms with van der Waals surface area (Å²) in [6.45, 7) is -1.04. The van der Waals surface area contributed by atoms with Gasteiger partial charge in [-0.15, -0.1) is 0 Å². The average Bonchev–Trinajstić information content (AvgIpc) is 2.30. The van der Waals surface area contributed by atoms with Gasteiger partial charge in [-0.2, -0.15) is 0 Å². The lowest BCUT2D eigenvalue weighted by Crippen LogP contribution is -2.20. The molecular formula is C10H9BrN2O6. The molecule has 0 spiro atoms. The van der Waals surface area contributed by atoms with Gasteiger partial charge in [0.05, 0.1) is 9.40 Å². The molecule has 8 nitrogen and oxygen atoms in total. The van der Waals surface area contributed by atoms with Crippen molar-refractivity contribution in [2.45, 2.75) is 0 Å². The van der Waals surface area contributed by atoms with E-state index in [4.69, 9.17) is 5.11 Å². The second-order valence-electron chi connectivity index (χ2n) is 3.36. The van der Waals surface area contributed by atoms with E-state index >= 15 is 0 Å². The lowest BCUT2D eigenvalue weighted by molar-refractivity contribution is -0.385. The third-order valence-electron chi connectivity index (χ3n) is 1.89. The molecule has 1 amide bonds. The number of hydrogen-bond acceptors (Lipinski definition) is 5. The van der Waals surface area contributed by atoms with Crippen LogP contribution < -0.4 is 5.32 Å². The first kappa shape index (κ1) is 15.1. The van der Waals surface area contributed by atoms with Crippen molar-refractivity contribution in [3.63, 3.8) is 0 Å². The molecule has 1 rings (SSSR count). The van der Waals surface area contributed by atoms with E-state index in [0.29, 0.717) is 0 Å². The predicted molar refractivity (Wildman–Crippen MR) is 67.9 cm³/mol. The molecule has 0 aromatic heterocycles. The van der Waals surface area contributed by atoms with Crippen LogP contribution in [0.4, 0.5) is 11.4 Å². The van der Waals surface area contributed by atoms with E-state index in [-0.39, 0.29) is 15.8 Å². The van der Waals surface area contributed by atoms with Crippen molar-refractivity contribution in [1.29, 1.82) is 0 Å². The first-order valence-corrected chi connectivity index (χ1v) is 5.73. The highest BCUT2D eigenvalue weighted by Crippen LogP contribution is 2.27. The molecule has 0 fully saturated rings. The molecule has 0 bridgehead atoms. The summed E-state index contributed by atoms with van der Waals surface area (Å²) in [4.78, 5) is 31.6. The molecule has 1 aromatic rings. The van der Waals surface area contributed by atoms with Gasteiger partial charge >= 0.3 is 5.97 Å². The monoisotopic (exact) mass is 332 g/mol. The van der Waals surface area contributed by atoms with Crippen molar-refractivity contribution in [2.24, 2.45) is 0 Å². The summed E-state index contributed by atoms with van der Waals surface area (Å²) < 4.78 is 4.87. The summed E-state index contributed by atoms with van der Waals surface area (Å²) in [6.07, 6.45) is 0. The van der Waals surface area contributed by atoms with Crippen LogP contribution in [0.1, 0.15) is 0 Å². The normalized spacial score (nSPS) is 9.95. The second kappa shape index (κ2) is 6.81. The third kappa shape index (κ3) is 5.02. The smallest absolute Gasteiger partial charge is 0.329 e. The highest BCUT2D eigenvalue weighted by Gasteiger charge is 2.13. The Bertz CT molecular complexity index is 519. The van der Waals surface area contributed by atoms with E-state index in [9.17, 15) is 19.7 Å². The topological polar surface area (TPSA) is 119 Å². The Hall–Kier alpha value is -2.00. The van der Waals surface area contributed by atoms with Gasteiger partial charge in [0.15, 0.2) is 0 Å². The van der Waals surface area contributed by atoms with Gasteiger partial charge in [-0.25, -0.2) is 4.79 Å². The fourth-order valence-corrected chi connectivity index (χ4v) is 1.55. The van der Waals surface area contributed by atoms with E-state index in [1.807, 2.05) is 0 Å². The van der Waals surface area contributed by atoms with E-state index in [2.05, 4.69) is 26.0 Å². The maximum Gasteiger partial charge on any atom is 0.329 e. The summed E-state index contributed by atoms with van der Waals surface area (Å²) in [6, 6.07) is 4.07. The van der Waals surface area contributed by atoms with E-state index in [1.54, 1.807) is 0 Å². The summed E-state index contributed by atoms with van der Waals surface area (Å²) in [5, 5.41) is 21.3. The number of nitro groups is 1. The molecule has 0 unspecified atom stereocenters. The van der Waals surface area contributed by atoms with Crippen molar-refractivity contribution < 1.29 is 24.4 Å². The molecule has 0 saturated carbocycles. The number of halogens is 1. The number of carbonyl (C=O) groups excluding carboxylic acids is 1. The molecule has 19 heavy (non-hydrogen) atoms. The number of hydrogen-bond donors (Lipinski definition) is 2. The molecule has 0 saturated heterocycles. The van der Waals surface area contributed by atoms with Gasteiger partial charge in [-0.1, -0.05) is 0 Å². The molecule has 0 aliphatic rings. The number of carboxylic acid groups (broad SMARTS) is 1. The van der Waals surface area contributed by atoms with Gasteiger partial charge in [-0.05, 0) is 28.1 Å². The van der Waals surface area contributed by atoms with Crippen molar-refractivity contribution in [3.05, 3.63) is 32.8 Å². The maximum atomic E-state index is 11.3. The van der Waals surface area contributed by atoms with Crippen LogP contribution in [0.5, 0.6) is 0 Å². The Kier molecular flexibility index (Phi) is 5.39. The van der Waals surface area contributed by atoms with Gasteiger partial charge in [0.1, 0.15) is 13.2 Å². The molecule has 0 radical (unpaired) electrons. The van der Waals surface area contributed by atoms with Crippen LogP contribution in [-0.2, 0) is 14.3 Å². The summed E-state index contributed by atoms with van der Waals surface area (Å²) in [5.41, 5.74) is 0.0306. The maximum absolute atomic E-state index is 11.3. The summed E-state index contributed by atoms with van der Waals surface area (Å²) >= 11 is 3.01. The number of carboxylic acids is 1. The molecule has 0 heterocycles. The minimum Gasteiger partial charge on any atom is -0.480 e. The molecule has 9 heteroatoms. The molecule has 2 N–H and O–H groups in total. The highest BCUT2D eigenvalue weighted by atomic mass is 79.9. The van der Waals surface area contributed by atoms with Crippen molar-refractivity contribution in [3.8, 4) is 0 Å². The Balaban J connectivity index is 2.62. The average molecular weight is 333 g/mol. The molecule has 0 aliphatic heterocycles. The largest absolute Gasteiger partial charge is 0.480 e. The van der Waals surface area contributed by atoms with Crippen molar-refractivity contribution >= 4 is 39.2 Å². The number of anilines is 1. The summed E-state index contributed by atoms with van der Waals surface area (Å²) in [5.74, 6) is -1.79. The fourth-order valence-electron chi connectivity index (χ4n) is 1.16. The number of ether oxygens (including phenoxy) is 1. The van der Waals surface area contributed by atoms with Crippen LogP contribution in [-0.4, -0.2) is 35.1 Å². The molecular weight excluding hydrogens is 324 g/mol. The fraction of sp³-hybridized carbons (Fsp3) is 0.200. The van der Waals surface area contributed by atoms with Crippen LogP contribution in [0.15, 0.2) is 22.7 Å². The van der Waals surface area contributed by atoms with E-state index in [1.165, 1.54) is 18.2 Å². The number of nitrogens with one attached hydrogen (secondary N) is 1. The Morgan fingerprint density at radius 2 is 2.11 bits per heavy atom. The number of carbonyl (C=O) groups is 2. The minimum atomic E-state index is -1.19. The number of amides is 1. The number of rotatable bonds is 6. The first-order chi connectivity index (χ1) is 8.90. The molecule has 0 aliphatic carbocycles. The number of nitro benzene ring substituents is 1. The predicted octanol–water partition coefficient (Wildman–Crippen LogP) is 1.40. The molecule has 1 aromatic carbocycles. The van der Waals surface area contributed by atoms with Crippen molar-refractivity contribution in [2.75, 3.05) is 18.5 Å². The zero-order chi connectivity index (χ0) is 14.4. The lowest BCUT2D eigenvalue weighted by atomic mass is 10.3. The van der Waals surface area contributed by atoms with Crippen LogP contribution >= 0.6 is 15.9 Å². The van der Waals surface area contributed by atoms with E-state index < -0.39 is 30.0 Å². The number of benzene rings is 1. The second-order valence-corrected chi connectivity index (χ2v) is 4.21. The Morgan fingerprint density at radius 1 is 1.42 bits per heavy atom. The SMILES string of the molecule is O=C(O)COCC(=O)Nc1ccc(Br)c([N+](=O)[O-])c1. The van der Waals surface area contributed by atoms with Crippen molar-refractivity contribution in [1.82, 2.24) is 0 Å². The number of nitrogens with zero attached hydrogens (tertiary/aromatic N) is 1. The van der Waals surface area contributed by atoms with Gasteiger partial charge in [0.2, 0.25) is 5.91 Å². The van der Waals surface area contributed by atoms with Gasteiger partial charge in [0, 0.05) is 11.8 Å². The van der Waals surface area contributed by atoms with Crippen LogP contribution in [0.2, 0.25) is 0 Å². The number of aliphatic carboxylic acids is 1. The molecule has 102 valence electrons. The van der Waals surface area contributed by atoms with Gasteiger partial charge in [0.25, 0.3) is 5.69 Å². The standard InChI is InChI=1S/C10H9BrN2O6/c11-7-2-1-6(3-8(7)13(17)18)12-9(14)4-19-5-10(15)16/h1-3H,4-5H2,(H,12,14)(H,15,16). The third-order valence-corrected chi connectivity index (χ3v) is 2.56. The zero-order valence-electron chi connectivity index (χ0n) is 9.46. The Labute approximate surface area is 115 Å².